The monoisotopic (exact) mass is 127 g/mol. The fourth-order valence-corrected chi connectivity index (χ4v) is 1.64. The summed E-state index contributed by atoms with van der Waals surface area (Å²) in [6.07, 6.45) is 5.70. The first-order valence-electron chi connectivity index (χ1n) is 2.44. The van der Waals surface area contributed by atoms with Crippen LogP contribution in [0.25, 0.3) is 0 Å². The van der Waals surface area contributed by atoms with Crippen LogP contribution < -0.4 is 5.73 Å². The van der Waals surface area contributed by atoms with Crippen LogP contribution in [0.15, 0.2) is 34.6 Å². The Morgan fingerprint density at radius 1 is 1.25 bits per heavy atom. The number of allylic oxidation sites excluding steroid dienone is 2. The molecule has 1 heterocycles. The second-order valence-electron chi connectivity index (χ2n) is 1.47. The van der Waals surface area contributed by atoms with Crippen molar-refractivity contribution in [2.45, 2.75) is 0 Å². The van der Waals surface area contributed by atoms with Gasteiger partial charge < -0.3 is 5.73 Å². The first-order chi connectivity index (χ1) is 3.93. The fraction of sp³-hybridized carbons (Fsp3) is 0. The Kier molecular flexibility index (Phi) is 1.80. The van der Waals surface area contributed by atoms with Crippen molar-refractivity contribution in [3.63, 3.8) is 0 Å². The molecule has 0 aromatic rings. The molecule has 0 amide bonds. The molecule has 1 rings (SSSR count). The van der Waals surface area contributed by atoms with Crippen molar-refractivity contribution in [1.82, 2.24) is 0 Å². The molecule has 0 unspecified atom stereocenters. The van der Waals surface area contributed by atoms with Gasteiger partial charge in [-0.1, -0.05) is 12.2 Å². The summed E-state index contributed by atoms with van der Waals surface area (Å²) in [4.78, 5) is 0. The molecule has 0 spiro atoms. The number of rotatable bonds is 1. The highest BCUT2D eigenvalue weighted by atomic mass is 32.2. The Hall–Kier alpha value is -0.630. The molecular formula is C6H9NS. The summed E-state index contributed by atoms with van der Waals surface area (Å²) in [5, 5.41) is 6.31. The van der Waals surface area contributed by atoms with Crippen LogP contribution in [-0.4, -0.2) is 0 Å². The molecule has 2 heteroatoms. The minimum atomic E-state index is -0.112. The minimum Gasteiger partial charge on any atom is -0.404 e. The lowest BCUT2D eigenvalue weighted by Crippen LogP contribution is -1.73. The molecule has 44 valence electrons. The van der Waals surface area contributed by atoms with E-state index in [1.54, 1.807) is 6.20 Å². The molecule has 1 nitrogen and oxygen atoms in total. The molecule has 2 N–H and O–H groups in total. The predicted octanol–water partition coefficient (Wildman–Crippen LogP) is 1.46. The van der Waals surface area contributed by atoms with Crippen LogP contribution in [0.1, 0.15) is 0 Å². The van der Waals surface area contributed by atoms with Crippen molar-refractivity contribution in [3.05, 3.63) is 34.6 Å². The molecule has 0 radical (unpaired) electrons. The van der Waals surface area contributed by atoms with Crippen molar-refractivity contribution in [2.75, 3.05) is 0 Å². The van der Waals surface area contributed by atoms with Gasteiger partial charge in [0.1, 0.15) is 0 Å². The molecule has 1 aliphatic rings. The Labute approximate surface area is 51.9 Å². The van der Waals surface area contributed by atoms with Gasteiger partial charge in [0, 0.05) is 0 Å². The van der Waals surface area contributed by atoms with Crippen molar-refractivity contribution < 1.29 is 0 Å². The summed E-state index contributed by atoms with van der Waals surface area (Å²) in [5.74, 6) is 0. The highest BCUT2D eigenvalue weighted by Gasteiger charge is 1.89. The van der Waals surface area contributed by atoms with E-state index in [1.165, 1.54) is 0 Å². The zero-order valence-electron chi connectivity index (χ0n) is 4.49. The quantitative estimate of drug-likeness (QED) is 0.512. The summed E-state index contributed by atoms with van der Waals surface area (Å²) in [7, 11) is -0.112. The van der Waals surface area contributed by atoms with E-state index in [9.17, 15) is 0 Å². The van der Waals surface area contributed by atoms with Gasteiger partial charge in [-0.3, -0.25) is 0 Å². The molecule has 0 saturated heterocycles. The van der Waals surface area contributed by atoms with Crippen LogP contribution in [0.5, 0.6) is 0 Å². The molecule has 0 aromatic heterocycles. The lowest BCUT2D eigenvalue weighted by molar-refractivity contribution is 1.63. The molecule has 8 heavy (non-hydrogen) atoms. The van der Waals surface area contributed by atoms with Crippen molar-refractivity contribution in [2.24, 2.45) is 5.73 Å². The van der Waals surface area contributed by atoms with Crippen molar-refractivity contribution >= 4 is 10.9 Å². The van der Waals surface area contributed by atoms with Gasteiger partial charge in [0.15, 0.2) is 0 Å². The number of hydrogen-bond acceptors (Lipinski definition) is 1. The zero-order valence-corrected chi connectivity index (χ0v) is 5.38. The number of thiol groups is 1. The van der Waals surface area contributed by atoms with E-state index in [4.69, 9.17) is 5.73 Å². The molecule has 0 fully saturated rings. The molecular weight excluding hydrogens is 118 g/mol. The number of hydrogen-bond donors (Lipinski definition) is 2. The smallest absolute Gasteiger partial charge is 0.000970 e. The second-order valence-corrected chi connectivity index (χ2v) is 3.26. The fourth-order valence-electron chi connectivity index (χ4n) is 0.547. The average Bonchev–Trinajstić information content (AvgIpc) is 2.19. The largest absolute Gasteiger partial charge is 0.404 e. The highest BCUT2D eigenvalue weighted by molar-refractivity contribution is 8.24. The maximum absolute atomic E-state index is 5.18. The Morgan fingerprint density at radius 3 is 2.38 bits per heavy atom. The maximum atomic E-state index is 5.18. The summed E-state index contributed by atoms with van der Waals surface area (Å²) >= 11 is 0. The van der Waals surface area contributed by atoms with Gasteiger partial charge in [0.25, 0.3) is 0 Å². The zero-order chi connectivity index (χ0) is 5.82. The molecule has 0 aliphatic carbocycles. The van der Waals surface area contributed by atoms with Crippen molar-refractivity contribution in [3.8, 4) is 0 Å². The van der Waals surface area contributed by atoms with E-state index in [-0.39, 0.29) is 10.9 Å². The van der Waals surface area contributed by atoms with Gasteiger partial charge >= 0.3 is 0 Å². The normalized spacial score (nSPS) is 21.2. The molecule has 0 saturated carbocycles. The van der Waals surface area contributed by atoms with Gasteiger partial charge in [0.05, 0.1) is 0 Å². The van der Waals surface area contributed by atoms with Crippen molar-refractivity contribution in [1.29, 1.82) is 0 Å². The lowest BCUT2D eigenvalue weighted by atomic mass is 10.6. The standard InChI is InChI=1S/C6H9NS/c7-3-6-8-4-1-2-5-8/h1-6,8H,7H2. The Morgan fingerprint density at radius 2 is 1.88 bits per heavy atom. The van der Waals surface area contributed by atoms with Gasteiger partial charge in [-0.2, -0.15) is 10.9 Å². The van der Waals surface area contributed by atoms with Crippen LogP contribution in [-0.2, 0) is 0 Å². The average molecular weight is 127 g/mol. The first-order valence-corrected chi connectivity index (χ1v) is 3.99. The van der Waals surface area contributed by atoms with Crippen LogP contribution in [0.4, 0.5) is 0 Å². The second kappa shape index (κ2) is 2.62. The van der Waals surface area contributed by atoms with E-state index in [0.717, 1.165) is 0 Å². The summed E-state index contributed by atoms with van der Waals surface area (Å²) in [6, 6.07) is 0. The Bertz CT molecular complexity index is 135. The third-order valence-corrected chi connectivity index (χ3v) is 2.43. The minimum absolute atomic E-state index is 0.112. The summed E-state index contributed by atoms with van der Waals surface area (Å²) in [5.41, 5.74) is 5.18. The number of nitrogens with two attached hydrogens (primary N) is 1. The van der Waals surface area contributed by atoms with E-state index in [0.29, 0.717) is 0 Å². The molecule has 1 aliphatic heterocycles. The van der Waals surface area contributed by atoms with Gasteiger partial charge in [-0.15, -0.1) is 0 Å². The van der Waals surface area contributed by atoms with Gasteiger partial charge in [0.2, 0.25) is 0 Å². The van der Waals surface area contributed by atoms with E-state index >= 15 is 0 Å². The third-order valence-electron chi connectivity index (χ3n) is 0.886. The van der Waals surface area contributed by atoms with Crippen LogP contribution in [0, 0.1) is 0 Å². The van der Waals surface area contributed by atoms with E-state index in [1.807, 2.05) is 17.6 Å². The van der Waals surface area contributed by atoms with Crippen LogP contribution in [0.3, 0.4) is 0 Å². The van der Waals surface area contributed by atoms with E-state index in [2.05, 4.69) is 10.8 Å². The van der Waals surface area contributed by atoms with Gasteiger partial charge in [-0.25, -0.2) is 0 Å². The molecule has 0 atom stereocenters. The Balaban J connectivity index is 2.49. The van der Waals surface area contributed by atoms with Gasteiger partial charge in [-0.05, 0) is 22.4 Å². The lowest BCUT2D eigenvalue weighted by Gasteiger charge is -1.97. The SMILES string of the molecule is NC=C[SH]1C=CC=C1. The molecule has 0 aromatic carbocycles. The summed E-state index contributed by atoms with van der Waals surface area (Å²) < 4.78 is 0. The third kappa shape index (κ3) is 1.17. The maximum Gasteiger partial charge on any atom is -0.000970 e. The first kappa shape index (κ1) is 5.51. The molecule has 0 bridgehead atoms. The predicted molar refractivity (Wildman–Crippen MR) is 40.6 cm³/mol. The topological polar surface area (TPSA) is 26.0 Å². The van der Waals surface area contributed by atoms with Crippen LogP contribution in [0.2, 0.25) is 0 Å². The van der Waals surface area contributed by atoms with E-state index < -0.39 is 0 Å². The highest BCUT2D eigenvalue weighted by Crippen LogP contribution is 2.33. The summed E-state index contributed by atoms with van der Waals surface area (Å²) in [6.45, 7) is 0. The van der Waals surface area contributed by atoms with Crippen LogP contribution >= 0.6 is 10.9 Å².